The second-order valence-electron chi connectivity index (χ2n) is 14.4. The number of rotatable bonds is 18. The summed E-state index contributed by atoms with van der Waals surface area (Å²) in [5.74, 6) is -0.323. The predicted molar refractivity (Wildman–Crippen MR) is 210 cm³/mol. The smallest absolute Gasteiger partial charge is 0.407 e. The molecule has 0 unspecified atom stereocenters. The molecule has 3 atom stereocenters. The third-order valence-electron chi connectivity index (χ3n) is 9.27. The number of nitrogens with one attached hydrogen (secondary N) is 3. The summed E-state index contributed by atoms with van der Waals surface area (Å²) in [4.78, 5) is 52.0. The van der Waals surface area contributed by atoms with Crippen LogP contribution in [0.15, 0.2) is 84.1 Å². The molecule has 0 saturated carbocycles. The number of hydrogen-bond acceptors (Lipinski definition) is 9. The van der Waals surface area contributed by atoms with E-state index in [0.717, 1.165) is 20.9 Å². The Morgan fingerprint density at radius 1 is 0.808 bits per heavy atom. The van der Waals surface area contributed by atoms with Gasteiger partial charge in [0.2, 0.25) is 5.91 Å². The van der Waals surface area contributed by atoms with E-state index < -0.39 is 20.5 Å². The molecular weight excluding hydrogens is 713 g/mol. The molecule has 0 aliphatic heterocycles. The van der Waals surface area contributed by atoms with Crippen LogP contribution in [0.4, 0.5) is 9.59 Å². The third kappa shape index (κ3) is 13.5. The van der Waals surface area contributed by atoms with Crippen LogP contribution in [-0.2, 0) is 40.0 Å². The molecule has 0 aliphatic carbocycles. The van der Waals surface area contributed by atoms with Crippen LogP contribution in [0.3, 0.4) is 0 Å². The molecule has 280 valence electrons. The fourth-order valence-electron chi connectivity index (χ4n) is 5.19. The van der Waals surface area contributed by atoms with Gasteiger partial charge in [0, 0.05) is 36.4 Å². The molecule has 14 heteroatoms. The molecule has 0 spiro atoms. The summed E-state index contributed by atoms with van der Waals surface area (Å²) in [7, 11) is -0.565. The number of aromatic nitrogens is 2. The van der Waals surface area contributed by atoms with Crippen molar-refractivity contribution in [2.75, 3.05) is 13.7 Å². The van der Waals surface area contributed by atoms with Crippen LogP contribution in [0.1, 0.15) is 54.5 Å². The summed E-state index contributed by atoms with van der Waals surface area (Å²) in [6.45, 7) is 11.2. The SMILES string of the molecule is CN(Cc1cncs1)C(=O)N[C@@H](CO[Si](C)(C)C(C)(C)C)C(=O)N[C@@H](CC[C@@H](Cc1ccccc1)NC(=O)OCc1cncs1)Cc1ccccc1. The van der Waals surface area contributed by atoms with Crippen LogP contribution in [0.25, 0.3) is 0 Å². The van der Waals surface area contributed by atoms with Crippen LogP contribution in [0.5, 0.6) is 0 Å². The molecule has 0 radical (unpaired) electrons. The Balaban J connectivity index is 1.50. The van der Waals surface area contributed by atoms with Crippen LogP contribution in [0.2, 0.25) is 18.1 Å². The zero-order valence-corrected chi connectivity index (χ0v) is 33.6. The highest BCUT2D eigenvalue weighted by Gasteiger charge is 2.39. The van der Waals surface area contributed by atoms with E-state index >= 15 is 0 Å². The molecule has 2 heterocycles. The van der Waals surface area contributed by atoms with Crippen molar-refractivity contribution in [2.24, 2.45) is 0 Å². The Morgan fingerprint density at radius 2 is 1.35 bits per heavy atom. The normalized spacial score (nSPS) is 13.4. The largest absolute Gasteiger partial charge is 0.444 e. The maximum atomic E-state index is 14.2. The molecule has 4 rings (SSSR count). The molecule has 3 N–H and O–H groups in total. The summed E-state index contributed by atoms with van der Waals surface area (Å²) in [5, 5.41) is 9.18. The number of ether oxygens (including phenoxy) is 1. The Bertz CT molecular complexity index is 1650. The van der Waals surface area contributed by atoms with E-state index in [1.165, 1.54) is 27.6 Å². The first-order valence-corrected chi connectivity index (χ1v) is 22.2. The van der Waals surface area contributed by atoms with E-state index in [1.807, 2.05) is 60.7 Å². The van der Waals surface area contributed by atoms with Crippen LogP contribution >= 0.6 is 22.7 Å². The fourth-order valence-corrected chi connectivity index (χ4v) is 7.36. The van der Waals surface area contributed by atoms with Gasteiger partial charge in [0.25, 0.3) is 0 Å². The number of alkyl carbamates (subject to hydrolysis) is 1. The molecule has 2 aromatic carbocycles. The second kappa shape index (κ2) is 19.6. The minimum atomic E-state index is -2.26. The molecule has 4 aromatic rings. The Kier molecular flexibility index (Phi) is 15.4. The van der Waals surface area contributed by atoms with Crippen molar-refractivity contribution in [1.82, 2.24) is 30.8 Å². The number of amides is 4. The van der Waals surface area contributed by atoms with E-state index in [-0.39, 0.29) is 42.3 Å². The lowest BCUT2D eigenvalue weighted by Crippen LogP contribution is -2.56. The zero-order valence-electron chi connectivity index (χ0n) is 31.0. The van der Waals surface area contributed by atoms with Crippen molar-refractivity contribution >= 4 is 49.0 Å². The number of urea groups is 1. The fraction of sp³-hybridized carbons (Fsp3) is 0.447. The van der Waals surface area contributed by atoms with E-state index in [2.05, 4.69) is 59.8 Å². The monoisotopic (exact) mass is 764 g/mol. The molecular formula is C38H52N6O5S2Si. The lowest BCUT2D eigenvalue weighted by atomic mass is 9.96. The van der Waals surface area contributed by atoms with Gasteiger partial charge in [0.15, 0.2) is 8.32 Å². The standard InChI is InChI=1S/C38H52N6O5S2Si/c1-38(2,3)52(5,6)49-25-34(43-36(46)44(4)23-32-21-39-26-50-32)35(45)41-30(19-28-13-9-7-10-14-28)17-18-31(20-29-15-11-8-12-16-29)42-37(47)48-24-33-22-40-27-51-33/h7-16,21-22,26-27,30-31,34H,17-20,23-25H2,1-6H3,(H,41,45)(H,42,47)(H,43,46)/t30-,31-,34-/m0/s1. The van der Waals surface area contributed by atoms with Gasteiger partial charge in [-0.2, -0.15) is 0 Å². The molecule has 11 nitrogen and oxygen atoms in total. The lowest BCUT2D eigenvalue weighted by molar-refractivity contribution is -0.124. The van der Waals surface area contributed by atoms with E-state index in [9.17, 15) is 14.4 Å². The van der Waals surface area contributed by atoms with Gasteiger partial charge in [0.1, 0.15) is 12.6 Å². The third-order valence-corrected chi connectivity index (χ3v) is 15.3. The van der Waals surface area contributed by atoms with Crippen molar-refractivity contribution < 1.29 is 23.5 Å². The summed E-state index contributed by atoms with van der Waals surface area (Å²) >= 11 is 2.89. The summed E-state index contributed by atoms with van der Waals surface area (Å²) in [5.41, 5.74) is 5.56. The number of hydrogen-bond donors (Lipinski definition) is 3. The minimum absolute atomic E-state index is 0.0459. The first kappa shape index (κ1) is 40.7. The van der Waals surface area contributed by atoms with Crippen molar-refractivity contribution in [3.8, 4) is 0 Å². The van der Waals surface area contributed by atoms with Gasteiger partial charge in [-0.25, -0.2) is 9.59 Å². The number of carbonyl (C=O) groups is 3. The highest BCUT2D eigenvalue weighted by molar-refractivity contribution is 7.09. The summed E-state index contributed by atoms with van der Waals surface area (Å²) in [6.07, 6.45) is 5.19. The van der Waals surface area contributed by atoms with Crippen LogP contribution in [-0.4, -0.2) is 73.0 Å². The Hall–Kier alpha value is -4.11. The summed E-state index contributed by atoms with van der Waals surface area (Å²) < 4.78 is 12.0. The van der Waals surface area contributed by atoms with Gasteiger partial charge < -0.3 is 30.0 Å². The quantitative estimate of drug-likeness (QED) is 0.0915. The van der Waals surface area contributed by atoms with E-state index in [1.54, 1.807) is 30.5 Å². The maximum Gasteiger partial charge on any atom is 0.407 e. The van der Waals surface area contributed by atoms with Gasteiger partial charge >= 0.3 is 12.1 Å². The number of nitrogens with zero attached hydrogens (tertiary/aromatic N) is 3. The number of benzene rings is 2. The van der Waals surface area contributed by atoms with Crippen molar-refractivity contribution in [1.29, 1.82) is 0 Å². The van der Waals surface area contributed by atoms with Crippen molar-refractivity contribution in [3.63, 3.8) is 0 Å². The van der Waals surface area contributed by atoms with Gasteiger partial charge in [-0.05, 0) is 54.9 Å². The zero-order chi connectivity index (χ0) is 37.6. The van der Waals surface area contributed by atoms with Crippen LogP contribution in [0, 0.1) is 0 Å². The highest BCUT2D eigenvalue weighted by Crippen LogP contribution is 2.36. The lowest BCUT2D eigenvalue weighted by Gasteiger charge is -2.37. The highest BCUT2D eigenvalue weighted by atomic mass is 32.1. The minimum Gasteiger partial charge on any atom is -0.444 e. The van der Waals surface area contributed by atoms with E-state index in [4.69, 9.17) is 9.16 Å². The van der Waals surface area contributed by atoms with Gasteiger partial charge in [-0.15, -0.1) is 22.7 Å². The van der Waals surface area contributed by atoms with Gasteiger partial charge in [-0.1, -0.05) is 81.4 Å². The Labute approximate surface area is 316 Å². The molecule has 0 saturated heterocycles. The van der Waals surface area contributed by atoms with Gasteiger partial charge in [-0.3, -0.25) is 14.8 Å². The molecule has 4 amide bonds. The van der Waals surface area contributed by atoms with Crippen molar-refractivity contribution in [3.05, 3.63) is 105 Å². The van der Waals surface area contributed by atoms with Crippen molar-refractivity contribution in [2.45, 2.75) is 95.9 Å². The topological polar surface area (TPSA) is 135 Å². The molecule has 52 heavy (non-hydrogen) atoms. The van der Waals surface area contributed by atoms with E-state index in [0.29, 0.717) is 32.2 Å². The van der Waals surface area contributed by atoms with Gasteiger partial charge in [0.05, 0.1) is 29.0 Å². The summed E-state index contributed by atoms with van der Waals surface area (Å²) in [6, 6.07) is 18.1. The first-order chi connectivity index (χ1) is 24.8. The molecule has 0 fully saturated rings. The number of thiazole rings is 2. The average Bonchev–Trinajstić information content (AvgIpc) is 3.83. The maximum absolute atomic E-state index is 14.2. The predicted octanol–water partition coefficient (Wildman–Crippen LogP) is 7.18. The molecule has 0 bridgehead atoms. The Morgan fingerprint density at radius 3 is 1.87 bits per heavy atom. The molecule has 0 aliphatic rings. The average molecular weight is 765 g/mol. The second-order valence-corrected chi connectivity index (χ2v) is 21.2. The first-order valence-electron chi connectivity index (χ1n) is 17.5. The van der Waals surface area contributed by atoms with Crippen LogP contribution < -0.4 is 16.0 Å². The molecule has 2 aromatic heterocycles. The number of carbonyl (C=O) groups excluding carboxylic acids is 3.